The van der Waals surface area contributed by atoms with Crippen molar-refractivity contribution in [2.45, 2.75) is 38.8 Å². The predicted octanol–water partition coefficient (Wildman–Crippen LogP) is 3.08. The third-order valence-corrected chi connectivity index (χ3v) is 3.50. The second kappa shape index (κ2) is 9.35. The van der Waals surface area contributed by atoms with Gasteiger partial charge >= 0.3 is 0 Å². The van der Waals surface area contributed by atoms with E-state index in [1.54, 1.807) is 0 Å². The van der Waals surface area contributed by atoms with Crippen LogP contribution in [0.5, 0.6) is 0 Å². The lowest BCUT2D eigenvalue weighted by Crippen LogP contribution is -2.31. The lowest BCUT2D eigenvalue weighted by Gasteiger charge is -2.24. The van der Waals surface area contributed by atoms with Crippen LogP contribution in [0, 0.1) is 0 Å². The number of likely N-dealkylation sites (N-methyl/N-ethyl adjacent to an activating group) is 1. The van der Waals surface area contributed by atoms with Crippen molar-refractivity contribution in [2.75, 3.05) is 26.7 Å². The van der Waals surface area contributed by atoms with Gasteiger partial charge in [-0.2, -0.15) is 0 Å². The zero-order chi connectivity index (χ0) is 15.0. The molecule has 0 spiro atoms. The summed E-state index contributed by atoms with van der Waals surface area (Å²) >= 11 is 6.08. The summed E-state index contributed by atoms with van der Waals surface area (Å²) in [7, 11) is 2.04. The van der Waals surface area contributed by atoms with E-state index in [0.717, 1.165) is 31.0 Å². The van der Waals surface area contributed by atoms with Gasteiger partial charge in [-0.15, -0.1) is 0 Å². The van der Waals surface area contributed by atoms with Gasteiger partial charge in [0, 0.05) is 17.6 Å². The number of hydrogen-bond acceptors (Lipinski definition) is 3. The Kier molecular flexibility index (Phi) is 8.15. The summed E-state index contributed by atoms with van der Waals surface area (Å²) in [5.74, 6) is 0. The molecule has 1 aromatic rings. The van der Waals surface area contributed by atoms with Gasteiger partial charge in [-0.1, -0.05) is 30.7 Å². The molecule has 1 rings (SSSR count). The van der Waals surface area contributed by atoms with Crippen LogP contribution in [0.3, 0.4) is 0 Å². The van der Waals surface area contributed by atoms with E-state index in [9.17, 15) is 5.11 Å². The molecule has 2 N–H and O–H groups in total. The van der Waals surface area contributed by atoms with Gasteiger partial charge in [0.2, 0.25) is 0 Å². The molecule has 20 heavy (non-hydrogen) atoms. The third-order valence-electron chi connectivity index (χ3n) is 3.27. The summed E-state index contributed by atoms with van der Waals surface area (Å²) in [4.78, 5) is 2.16. The molecule has 2 unspecified atom stereocenters. The minimum absolute atomic E-state index is 0.284. The monoisotopic (exact) mass is 298 g/mol. The highest BCUT2D eigenvalue weighted by atomic mass is 35.5. The van der Waals surface area contributed by atoms with Gasteiger partial charge in [-0.3, -0.25) is 0 Å². The molecule has 4 heteroatoms. The molecule has 0 aliphatic carbocycles. The van der Waals surface area contributed by atoms with Crippen molar-refractivity contribution in [3.8, 4) is 0 Å². The van der Waals surface area contributed by atoms with Crippen LogP contribution in [0.2, 0.25) is 5.02 Å². The Bertz CT molecular complexity index is 384. The Morgan fingerprint density at radius 2 is 2.15 bits per heavy atom. The molecule has 0 radical (unpaired) electrons. The Morgan fingerprint density at radius 1 is 1.40 bits per heavy atom. The molecule has 1 aromatic carbocycles. The number of rotatable bonds is 9. The summed E-state index contributed by atoms with van der Waals surface area (Å²) in [6.45, 7) is 6.63. The van der Waals surface area contributed by atoms with Crippen molar-refractivity contribution in [2.24, 2.45) is 0 Å². The predicted molar refractivity (Wildman–Crippen MR) is 86.3 cm³/mol. The second-order valence-corrected chi connectivity index (χ2v) is 5.90. The maximum atomic E-state index is 9.41. The maximum absolute atomic E-state index is 9.41. The first-order chi connectivity index (χ1) is 9.52. The molecule has 0 aliphatic rings. The number of nitrogens with one attached hydrogen (secondary N) is 1. The first-order valence-electron chi connectivity index (χ1n) is 7.38. The van der Waals surface area contributed by atoms with Gasteiger partial charge in [-0.05, 0) is 57.6 Å². The molecule has 0 aromatic heterocycles. The van der Waals surface area contributed by atoms with E-state index < -0.39 is 0 Å². The fraction of sp³-hybridized carbons (Fsp3) is 0.625. The lowest BCUT2D eigenvalue weighted by atomic mass is 10.0. The average Bonchev–Trinajstić information content (AvgIpc) is 2.38. The standard InChI is InChI=1S/C16H27ClN2O/c1-4-9-18-16(8-10-19(3)12-13(2)20)14-6-5-7-15(17)11-14/h5-7,11,13,16,18,20H,4,8-10,12H2,1-3H3. The van der Waals surface area contributed by atoms with Crippen LogP contribution in [-0.4, -0.2) is 42.8 Å². The number of hydrogen-bond donors (Lipinski definition) is 2. The SMILES string of the molecule is CCCNC(CCN(C)CC(C)O)c1cccc(Cl)c1. The van der Waals surface area contributed by atoms with Crippen molar-refractivity contribution in [3.05, 3.63) is 34.9 Å². The zero-order valence-electron chi connectivity index (χ0n) is 12.8. The smallest absolute Gasteiger partial charge is 0.0638 e. The summed E-state index contributed by atoms with van der Waals surface area (Å²) in [5, 5.41) is 13.8. The minimum Gasteiger partial charge on any atom is -0.392 e. The lowest BCUT2D eigenvalue weighted by molar-refractivity contribution is 0.139. The fourth-order valence-corrected chi connectivity index (χ4v) is 2.52. The summed E-state index contributed by atoms with van der Waals surface area (Å²) < 4.78 is 0. The summed E-state index contributed by atoms with van der Waals surface area (Å²) in [6.07, 6.45) is 1.83. The third kappa shape index (κ3) is 6.71. The Morgan fingerprint density at radius 3 is 2.75 bits per heavy atom. The quantitative estimate of drug-likeness (QED) is 0.735. The van der Waals surface area contributed by atoms with Crippen molar-refractivity contribution < 1.29 is 5.11 Å². The van der Waals surface area contributed by atoms with E-state index in [1.807, 2.05) is 32.2 Å². The normalized spacial score (nSPS) is 14.5. The van der Waals surface area contributed by atoms with Gasteiger partial charge in [0.05, 0.1) is 6.10 Å². The fourth-order valence-electron chi connectivity index (χ4n) is 2.32. The molecular weight excluding hydrogens is 272 g/mol. The molecular formula is C16H27ClN2O. The second-order valence-electron chi connectivity index (χ2n) is 5.46. The van der Waals surface area contributed by atoms with E-state index in [4.69, 9.17) is 11.6 Å². The number of aliphatic hydroxyl groups excluding tert-OH is 1. The first-order valence-corrected chi connectivity index (χ1v) is 7.76. The van der Waals surface area contributed by atoms with Crippen molar-refractivity contribution in [3.63, 3.8) is 0 Å². The van der Waals surface area contributed by atoms with Gasteiger partial charge in [0.1, 0.15) is 0 Å². The minimum atomic E-state index is -0.284. The molecule has 0 amide bonds. The maximum Gasteiger partial charge on any atom is 0.0638 e. The number of nitrogens with zero attached hydrogens (tertiary/aromatic N) is 1. The van der Waals surface area contributed by atoms with Crippen molar-refractivity contribution in [1.29, 1.82) is 0 Å². The highest BCUT2D eigenvalue weighted by Gasteiger charge is 2.12. The Hall–Kier alpha value is -0.610. The molecule has 0 heterocycles. The highest BCUT2D eigenvalue weighted by Crippen LogP contribution is 2.20. The molecule has 2 atom stereocenters. The van der Waals surface area contributed by atoms with Crippen LogP contribution in [0.4, 0.5) is 0 Å². The van der Waals surface area contributed by atoms with E-state index in [0.29, 0.717) is 12.6 Å². The largest absolute Gasteiger partial charge is 0.392 e. The van der Waals surface area contributed by atoms with Crippen LogP contribution in [0.15, 0.2) is 24.3 Å². The molecule has 0 bridgehead atoms. The summed E-state index contributed by atoms with van der Waals surface area (Å²) in [5.41, 5.74) is 1.23. The molecule has 3 nitrogen and oxygen atoms in total. The zero-order valence-corrected chi connectivity index (χ0v) is 13.5. The van der Waals surface area contributed by atoms with Crippen molar-refractivity contribution >= 4 is 11.6 Å². The van der Waals surface area contributed by atoms with Crippen LogP contribution >= 0.6 is 11.6 Å². The molecule has 0 aliphatic heterocycles. The van der Waals surface area contributed by atoms with Crippen molar-refractivity contribution in [1.82, 2.24) is 10.2 Å². The highest BCUT2D eigenvalue weighted by molar-refractivity contribution is 6.30. The van der Waals surface area contributed by atoms with E-state index in [2.05, 4.69) is 23.2 Å². The van der Waals surface area contributed by atoms with Crippen LogP contribution in [0.25, 0.3) is 0 Å². The van der Waals surface area contributed by atoms with Gasteiger partial charge in [-0.25, -0.2) is 0 Å². The van der Waals surface area contributed by atoms with E-state index in [1.165, 1.54) is 5.56 Å². The summed E-state index contributed by atoms with van der Waals surface area (Å²) in [6, 6.07) is 8.36. The number of benzene rings is 1. The molecule has 0 saturated carbocycles. The van der Waals surface area contributed by atoms with Gasteiger partial charge in [0.25, 0.3) is 0 Å². The molecule has 0 saturated heterocycles. The number of halogens is 1. The van der Waals surface area contributed by atoms with Gasteiger partial charge in [0.15, 0.2) is 0 Å². The first kappa shape index (κ1) is 17.4. The van der Waals surface area contributed by atoms with Gasteiger partial charge < -0.3 is 15.3 Å². The molecule has 114 valence electrons. The number of aliphatic hydroxyl groups is 1. The van der Waals surface area contributed by atoms with E-state index in [-0.39, 0.29) is 6.10 Å². The van der Waals surface area contributed by atoms with Crippen LogP contribution in [-0.2, 0) is 0 Å². The Labute approximate surface area is 127 Å². The van der Waals surface area contributed by atoms with E-state index >= 15 is 0 Å². The molecule has 0 fully saturated rings. The average molecular weight is 299 g/mol. The van der Waals surface area contributed by atoms with Crippen LogP contribution in [0.1, 0.15) is 38.3 Å². The topological polar surface area (TPSA) is 35.5 Å². The Balaban J connectivity index is 2.60. The van der Waals surface area contributed by atoms with Crippen LogP contribution < -0.4 is 5.32 Å².